The lowest BCUT2D eigenvalue weighted by Crippen LogP contribution is -2.40. The highest BCUT2D eigenvalue weighted by molar-refractivity contribution is 6.03. The van der Waals surface area contributed by atoms with Crippen LogP contribution in [0.5, 0.6) is 0 Å². The number of aromatic nitrogens is 1. The maximum absolute atomic E-state index is 12.4. The molecule has 0 bridgehead atoms. The fourth-order valence-electron chi connectivity index (χ4n) is 4.86. The first-order valence-electron chi connectivity index (χ1n) is 14.8. The number of nitrogens with zero attached hydrogens (tertiary/aromatic N) is 2. The van der Waals surface area contributed by atoms with Gasteiger partial charge in [-0.3, -0.25) is 9.69 Å². The number of aliphatic carboxylic acids is 1. The molecule has 5 rings (SSSR count). The van der Waals surface area contributed by atoms with Gasteiger partial charge in [0.2, 0.25) is 0 Å². The lowest BCUT2D eigenvalue weighted by Gasteiger charge is -2.23. The number of nitrogens with two attached hydrogens (primary N) is 1. The van der Waals surface area contributed by atoms with E-state index in [0.29, 0.717) is 22.6 Å². The van der Waals surface area contributed by atoms with E-state index in [1.807, 2.05) is 54.2 Å². The molecule has 1 aromatic heterocycles. The predicted molar refractivity (Wildman–Crippen MR) is 174 cm³/mol. The Bertz CT molecular complexity index is 1690. The second-order valence-electron chi connectivity index (χ2n) is 11.1. The smallest absolute Gasteiger partial charge is 0.338 e. The average molecular weight is 614 g/mol. The normalized spacial score (nSPS) is 14.9. The summed E-state index contributed by atoms with van der Waals surface area (Å²) in [6.07, 6.45) is 5.12. The van der Waals surface area contributed by atoms with Crippen molar-refractivity contribution in [2.24, 2.45) is 17.6 Å². The lowest BCUT2D eigenvalue weighted by atomic mass is 10.0. The van der Waals surface area contributed by atoms with Crippen molar-refractivity contribution in [3.05, 3.63) is 89.7 Å². The topological polar surface area (TPSA) is 156 Å². The number of rotatable bonds is 9. The Morgan fingerprint density at radius 3 is 2.24 bits per heavy atom. The van der Waals surface area contributed by atoms with Crippen molar-refractivity contribution < 1.29 is 29.0 Å². The van der Waals surface area contributed by atoms with E-state index in [1.54, 1.807) is 37.3 Å². The van der Waals surface area contributed by atoms with Gasteiger partial charge in [0, 0.05) is 30.0 Å². The predicted octanol–water partition coefficient (Wildman–Crippen LogP) is 6.07. The number of carbonyl (C=O) groups is 4. The molecule has 45 heavy (non-hydrogen) atoms. The Kier molecular flexibility index (Phi) is 10.5. The van der Waals surface area contributed by atoms with Crippen molar-refractivity contribution in [3.8, 4) is 5.69 Å². The van der Waals surface area contributed by atoms with Crippen LogP contribution in [0.25, 0.3) is 16.5 Å². The Labute approximate surface area is 262 Å². The first-order valence-corrected chi connectivity index (χ1v) is 14.8. The molecule has 1 fully saturated rings. The zero-order valence-electron chi connectivity index (χ0n) is 25.9. The number of esters is 1. The molecule has 5 N–H and O–H groups in total. The summed E-state index contributed by atoms with van der Waals surface area (Å²) in [7, 11) is 0. The van der Waals surface area contributed by atoms with E-state index < -0.39 is 30.5 Å². The molecule has 11 nitrogen and oxygen atoms in total. The van der Waals surface area contributed by atoms with Crippen molar-refractivity contribution in [2.75, 3.05) is 23.4 Å². The van der Waals surface area contributed by atoms with Crippen LogP contribution < -0.4 is 21.3 Å². The Morgan fingerprint density at radius 1 is 1.02 bits per heavy atom. The minimum Gasteiger partial charge on any atom is -0.480 e. The quantitative estimate of drug-likeness (QED) is 0.168. The van der Waals surface area contributed by atoms with Gasteiger partial charge in [-0.25, -0.2) is 14.4 Å². The molecule has 4 amide bonds. The summed E-state index contributed by atoms with van der Waals surface area (Å²) in [5.74, 6) is 0.487. The molecule has 0 saturated heterocycles. The molecule has 1 heterocycles. The number of urea groups is 2. The van der Waals surface area contributed by atoms with Gasteiger partial charge >= 0.3 is 24.0 Å². The van der Waals surface area contributed by atoms with Crippen LogP contribution in [0.1, 0.15) is 48.7 Å². The van der Waals surface area contributed by atoms with Crippen LogP contribution >= 0.6 is 0 Å². The number of anilines is 2. The van der Waals surface area contributed by atoms with Gasteiger partial charge in [0.1, 0.15) is 6.54 Å². The van der Waals surface area contributed by atoms with Crippen molar-refractivity contribution >= 4 is 46.1 Å². The molecule has 0 aliphatic heterocycles. The highest BCUT2D eigenvalue weighted by Gasteiger charge is 2.26. The number of primary amides is 1. The standard InChI is InChI=1S/C29H29N5O6.C5H10/c1-3-40-27(37)20-8-10-21(11-9-20)32-29(39)31-15-19-12-13-33(16-19)25-14-24(34(28(30)38)17-26(35)36)18(2)22-6-4-5-7-23(22)25;1-4-3-5(4)2/h4-14,16H,3,15,17H2,1-2H3,(H2,30,38)(H,35,36)(H2,31,32,39);4-5H,3H2,1-2H3. The SMILES string of the molecule is CC1CC1C.CCOC(=O)c1ccc(NC(=O)NCc2ccn(-c3cc(N(CC(=O)O)C(N)=O)c(C)c4ccccc34)c2)cc1. The Balaban J connectivity index is 0.000000838. The molecule has 2 atom stereocenters. The van der Waals surface area contributed by atoms with Crippen LogP contribution in [0.2, 0.25) is 0 Å². The molecule has 0 spiro atoms. The minimum absolute atomic E-state index is 0.225. The summed E-state index contributed by atoms with van der Waals surface area (Å²) < 4.78 is 6.80. The zero-order chi connectivity index (χ0) is 32.7. The van der Waals surface area contributed by atoms with Crippen molar-refractivity contribution in [2.45, 2.75) is 40.7 Å². The van der Waals surface area contributed by atoms with Crippen molar-refractivity contribution in [3.63, 3.8) is 0 Å². The van der Waals surface area contributed by atoms with Crippen LogP contribution in [0.4, 0.5) is 21.0 Å². The van der Waals surface area contributed by atoms with Gasteiger partial charge in [0.15, 0.2) is 0 Å². The number of aryl methyl sites for hydroxylation is 1. The Morgan fingerprint density at radius 2 is 1.67 bits per heavy atom. The van der Waals surface area contributed by atoms with Gasteiger partial charge in [0.25, 0.3) is 0 Å². The molecule has 236 valence electrons. The maximum atomic E-state index is 12.4. The minimum atomic E-state index is -1.18. The summed E-state index contributed by atoms with van der Waals surface area (Å²) in [6.45, 7) is 8.06. The number of hydrogen-bond donors (Lipinski definition) is 4. The van der Waals surface area contributed by atoms with Gasteiger partial charge < -0.3 is 30.8 Å². The van der Waals surface area contributed by atoms with Gasteiger partial charge in [-0.15, -0.1) is 0 Å². The van der Waals surface area contributed by atoms with E-state index in [1.165, 1.54) is 6.42 Å². The van der Waals surface area contributed by atoms with Crippen LogP contribution in [0.3, 0.4) is 0 Å². The number of hydrogen-bond acceptors (Lipinski definition) is 5. The number of carboxylic acid groups (broad SMARTS) is 1. The van der Waals surface area contributed by atoms with E-state index >= 15 is 0 Å². The molecular weight excluding hydrogens is 574 g/mol. The number of carboxylic acids is 1. The molecule has 1 saturated carbocycles. The molecular formula is C34H39N5O6. The third-order valence-corrected chi connectivity index (χ3v) is 7.77. The zero-order valence-corrected chi connectivity index (χ0v) is 25.9. The van der Waals surface area contributed by atoms with Gasteiger partial charge in [-0.2, -0.15) is 0 Å². The summed E-state index contributed by atoms with van der Waals surface area (Å²) in [6, 6.07) is 16.2. The maximum Gasteiger partial charge on any atom is 0.338 e. The fourth-order valence-corrected chi connectivity index (χ4v) is 4.86. The molecule has 1 aliphatic rings. The van der Waals surface area contributed by atoms with E-state index in [0.717, 1.165) is 38.6 Å². The van der Waals surface area contributed by atoms with E-state index in [2.05, 4.69) is 24.5 Å². The molecule has 4 aromatic rings. The molecule has 2 unspecified atom stereocenters. The molecule has 0 radical (unpaired) electrons. The van der Waals surface area contributed by atoms with Crippen LogP contribution in [-0.4, -0.2) is 46.8 Å². The van der Waals surface area contributed by atoms with Crippen LogP contribution in [0, 0.1) is 18.8 Å². The van der Waals surface area contributed by atoms with Gasteiger partial charge in [-0.05, 0) is 85.0 Å². The summed E-state index contributed by atoms with van der Waals surface area (Å²) >= 11 is 0. The van der Waals surface area contributed by atoms with Crippen molar-refractivity contribution in [1.29, 1.82) is 0 Å². The summed E-state index contributed by atoms with van der Waals surface area (Å²) in [5.41, 5.74) is 9.07. The number of fused-ring (bicyclic) bond motifs is 1. The molecule has 11 heteroatoms. The van der Waals surface area contributed by atoms with Gasteiger partial charge in [-0.1, -0.05) is 38.1 Å². The number of nitrogens with one attached hydrogen (secondary N) is 2. The largest absolute Gasteiger partial charge is 0.480 e. The van der Waals surface area contributed by atoms with Crippen LogP contribution in [0.15, 0.2) is 73.1 Å². The lowest BCUT2D eigenvalue weighted by molar-refractivity contribution is -0.135. The fraction of sp³-hybridized carbons (Fsp3) is 0.294. The number of benzene rings is 3. The third kappa shape index (κ3) is 8.41. The summed E-state index contributed by atoms with van der Waals surface area (Å²) in [4.78, 5) is 48.8. The number of carbonyl (C=O) groups excluding carboxylic acids is 3. The third-order valence-electron chi connectivity index (χ3n) is 7.77. The molecule has 3 aromatic carbocycles. The van der Waals surface area contributed by atoms with E-state index in [-0.39, 0.29) is 13.2 Å². The monoisotopic (exact) mass is 613 g/mol. The van der Waals surface area contributed by atoms with Crippen LogP contribution in [-0.2, 0) is 16.1 Å². The highest BCUT2D eigenvalue weighted by Crippen LogP contribution is 2.36. The second-order valence-corrected chi connectivity index (χ2v) is 11.1. The molecule has 1 aliphatic carbocycles. The van der Waals surface area contributed by atoms with Crippen molar-refractivity contribution in [1.82, 2.24) is 9.88 Å². The second kappa shape index (κ2) is 14.4. The first kappa shape index (κ1) is 32.6. The highest BCUT2D eigenvalue weighted by atomic mass is 16.5. The summed E-state index contributed by atoms with van der Waals surface area (Å²) in [5, 5.41) is 16.6. The average Bonchev–Trinajstić information content (AvgIpc) is 3.45. The van der Waals surface area contributed by atoms with E-state index in [9.17, 15) is 24.3 Å². The first-order chi connectivity index (χ1) is 21.5. The van der Waals surface area contributed by atoms with Gasteiger partial charge in [0.05, 0.1) is 23.5 Å². The Hall–Kier alpha value is -5.32. The number of amides is 4. The number of ether oxygens (including phenoxy) is 1. The van der Waals surface area contributed by atoms with E-state index in [4.69, 9.17) is 10.5 Å².